The number of hydrogen-bond donors (Lipinski definition) is 0. The lowest BCUT2D eigenvalue weighted by Crippen LogP contribution is -2.24. The number of benzene rings is 17. The van der Waals surface area contributed by atoms with Crippen LogP contribution in [-0.4, -0.2) is 17.3 Å². The van der Waals surface area contributed by atoms with Crippen molar-refractivity contribution < 1.29 is 23.9 Å². The molecule has 27 rings (SSSR count). The number of ketones is 3. The molecular formula is C128H76O5. The fraction of sp³-hybridized carbons (Fsp3) is 0.00781. The SMILES string of the molecule is O=C1C(c2ccc(C#Cc3ccccc3)cc2)=C(c2ccc(C#Cc3ccccc3)cc2)C(c2ccc(Oc3ccc(C4=C(c5ccccc5)C(=O)C5=C4c4ccc(cc4)Oc4ccc(cc4)C4=C(C(=O)C(c6ccccc6)=C4c4ccc(C#Cc6ccccc6)cc4)c4ccc(cc4)C(C#Cc4ccccc4)(C#Cc4ccccc4)c4ccc5cc4)cc3)cc2)=C1c1ccccc1. The minimum atomic E-state index is -1.33. The second kappa shape index (κ2) is 36.5. The average molecular weight is 1690 g/mol. The number of ether oxygens (including phenoxy) is 2. The number of carbonyl (C=O) groups is 3. The maximum atomic E-state index is 16.5. The first-order valence-electron chi connectivity index (χ1n) is 44.1. The van der Waals surface area contributed by atoms with E-state index in [-0.39, 0.29) is 17.3 Å². The summed E-state index contributed by atoms with van der Waals surface area (Å²) in [6.45, 7) is 0. The van der Waals surface area contributed by atoms with Gasteiger partial charge in [-0.05, 0) is 223 Å². The van der Waals surface area contributed by atoms with Crippen molar-refractivity contribution in [2.24, 2.45) is 0 Å². The van der Waals surface area contributed by atoms with Crippen molar-refractivity contribution in [2.75, 3.05) is 0 Å². The third-order valence-corrected chi connectivity index (χ3v) is 24.3. The highest BCUT2D eigenvalue weighted by molar-refractivity contribution is 6.61. The summed E-state index contributed by atoms with van der Waals surface area (Å²) in [5, 5.41) is 0. The van der Waals surface area contributed by atoms with Crippen molar-refractivity contribution in [1.82, 2.24) is 0 Å². The van der Waals surface area contributed by atoms with Crippen LogP contribution in [0.5, 0.6) is 23.0 Å². The smallest absolute Gasteiger partial charge is 0.195 e. The highest BCUT2D eigenvalue weighted by Gasteiger charge is 2.41. The number of rotatable bonds is 10. The second-order valence-electron chi connectivity index (χ2n) is 32.6. The van der Waals surface area contributed by atoms with E-state index in [9.17, 15) is 0 Å². The molecule has 7 heterocycles. The van der Waals surface area contributed by atoms with E-state index < -0.39 is 5.41 Å². The largest absolute Gasteiger partial charge is 0.457 e. The first-order valence-corrected chi connectivity index (χ1v) is 44.1. The predicted molar refractivity (Wildman–Crippen MR) is 538 cm³/mol. The van der Waals surface area contributed by atoms with Gasteiger partial charge in [-0.1, -0.05) is 375 Å². The monoisotopic (exact) mass is 1690 g/mol. The van der Waals surface area contributed by atoms with Gasteiger partial charge in [0.05, 0.1) is 0 Å². The Bertz CT molecular complexity index is 7920. The van der Waals surface area contributed by atoms with Gasteiger partial charge < -0.3 is 9.47 Å². The molecule has 618 valence electrons. The summed E-state index contributed by atoms with van der Waals surface area (Å²) in [6.07, 6.45) is 0. The molecule has 5 nitrogen and oxygen atoms in total. The van der Waals surface area contributed by atoms with Crippen LogP contribution in [0.2, 0.25) is 0 Å². The number of allylic oxidation sites excluding steroid dienone is 12. The van der Waals surface area contributed by atoms with Gasteiger partial charge in [0.25, 0.3) is 0 Å². The van der Waals surface area contributed by atoms with Gasteiger partial charge in [-0.3, -0.25) is 14.4 Å². The molecule has 0 N–H and O–H groups in total. The average Bonchev–Trinajstić information content (AvgIpc) is 1.59. The lowest BCUT2D eigenvalue weighted by molar-refractivity contribution is -0.109. The molecular weight excluding hydrogens is 1620 g/mol. The number of carbonyl (C=O) groups excluding carboxylic acids is 3. The third-order valence-electron chi connectivity index (χ3n) is 24.3. The fourth-order valence-corrected chi connectivity index (χ4v) is 17.8. The van der Waals surface area contributed by atoms with Gasteiger partial charge in [-0.15, -0.1) is 0 Å². The molecule has 0 atom stereocenters. The van der Waals surface area contributed by atoms with Crippen LogP contribution in [0.4, 0.5) is 0 Å². The Morgan fingerprint density at radius 3 is 0.571 bits per heavy atom. The van der Waals surface area contributed by atoms with E-state index in [2.05, 4.69) is 108 Å². The lowest BCUT2D eigenvalue weighted by atomic mass is 9.74. The molecule has 10 aliphatic rings. The van der Waals surface area contributed by atoms with E-state index in [0.717, 1.165) is 145 Å². The zero-order valence-electron chi connectivity index (χ0n) is 71.9. The molecule has 0 radical (unpaired) electrons. The van der Waals surface area contributed by atoms with Gasteiger partial charge in [0.15, 0.2) is 17.3 Å². The summed E-state index contributed by atoms with van der Waals surface area (Å²) in [4.78, 5) is 48.4. The van der Waals surface area contributed by atoms with E-state index in [1.807, 2.05) is 413 Å². The van der Waals surface area contributed by atoms with Crippen LogP contribution in [0.15, 0.2) is 461 Å². The fourth-order valence-electron chi connectivity index (χ4n) is 17.8. The molecule has 7 aliphatic heterocycles. The second-order valence-corrected chi connectivity index (χ2v) is 32.6. The molecule has 0 aromatic heterocycles. The summed E-state index contributed by atoms with van der Waals surface area (Å²) in [7, 11) is 0. The summed E-state index contributed by atoms with van der Waals surface area (Å²) in [5.41, 5.74) is 24.3. The highest BCUT2D eigenvalue weighted by Crippen LogP contribution is 2.55. The van der Waals surface area contributed by atoms with Crippen molar-refractivity contribution in [2.45, 2.75) is 5.41 Å². The van der Waals surface area contributed by atoms with E-state index >= 15 is 14.4 Å². The van der Waals surface area contributed by atoms with E-state index in [0.29, 0.717) is 67.6 Å². The maximum Gasteiger partial charge on any atom is 0.195 e. The molecule has 0 unspecified atom stereocenters. The Morgan fingerprint density at radius 1 is 0.165 bits per heavy atom. The van der Waals surface area contributed by atoms with Crippen LogP contribution in [0.3, 0.4) is 0 Å². The standard InChI is InChI=1S/C128H76O5/c129-125-120(96-37-21-7-22-38-96)115(114(99-55-49-93(50-56-99)45-42-88-27-11-2-12-28-88)122(125)104-57-51-94(52-58-104)46-43-89-29-13-3-14-30-89)100-63-75-109(76-64-100)132-110-77-65-101(66-78-110)116-118-103-69-81-112(82-70-103)133-111-79-67-102(68-80-111)117-113(98-53-47-92(48-54-98)44-41-87-25-9-1-10-26-87)119(95-35-19-6-20-36-95)126(130)123(117)105-59-71-107(72-60-105)128(85-83-90-31-15-4-16-32-90,86-84-91-33-17-5-18-34-91)108-73-61-106(62-74-108)124(118)127(131)121(116)97-39-23-8-24-40-97/h1-40,47-82H. The van der Waals surface area contributed by atoms with Crippen molar-refractivity contribution in [1.29, 1.82) is 0 Å². The number of Topliss-reactive ketones (excluding diaryl/α,β-unsaturated/α-hetero) is 3. The van der Waals surface area contributed by atoms with Crippen molar-refractivity contribution in [3.05, 3.63) is 583 Å². The van der Waals surface area contributed by atoms with E-state index in [4.69, 9.17) is 9.47 Å². The van der Waals surface area contributed by atoms with Gasteiger partial charge >= 0.3 is 0 Å². The molecule has 17 aromatic carbocycles. The highest BCUT2D eigenvalue weighted by atomic mass is 16.5. The van der Waals surface area contributed by atoms with Gasteiger partial charge in [0.1, 0.15) is 28.4 Å². The van der Waals surface area contributed by atoms with Crippen LogP contribution < -0.4 is 9.47 Å². The molecule has 17 aromatic rings. The van der Waals surface area contributed by atoms with Gasteiger partial charge in [0, 0.05) is 111 Å². The Morgan fingerprint density at radius 2 is 0.338 bits per heavy atom. The summed E-state index contributed by atoms with van der Waals surface area (Å²) in [6, 6.07) is 152. The zero-order chi connectivity index (χ0) is 89.4. The van der Waals surface area contributed by atoms with E-state index in [1.54, 1.807) is 0 Å². The zero-order valence-corrected chi connectivity index (χ0v) is 71.9. The maximum absolute atomic E-state index is 16.5. The molecule has 0 saturated heterocycles. The van der Waals surface area contributed by atoms with Gasteiger partial charge in [-0.25, -0.2) is 0 Å². The molecule has 0 fully saturated rings. The first kappa shape index (κ1) is 81.6. The quantitative estimate of drug-likeness (QED) is 0.128. The number of hydrogen-bond acceptors (Lipinski definition) is 5. The van der Waals surface area contributed by atoms with Crippen molar-refractivity contribution in [3.8, 4) is 82.2 Å². The van der Waals surface area contributed by atoms with Crippen LogP contribution >= 0.6 is 0 Å². The first-order chi connectivity index (χ1) is 65.6. The van der Waals surface area contributed by atoms with Crippen LogP contribution in [0.1, 0.15) is 122 Å². The Hall–Kier alpha value is -18.4. The van der Waals surface area contributed by atoms with Crippen LogP contribution in [0.25, 0.3) is 66.9 Å². The molecule has 8 bridgehead atoms. The third kappa shape index (κ3) is 16.8. The normalized spacial score (nSPS) is 13.4. The summed E-state index contributed by atoms with van der Waals surface area (Å²) >= 11 is 0. The van der Waals surface area contributed by atoms with Crippen LogP contribution in [-0.2, 0) is 19.8 Å². The molecule has 0 spiro atoms. The lowest BCUT2D eigenvalue weighted by Gasteiger charge is -2.25. The van der Waals surface area contributed by atoms with Crippen molar-refractivity contribution >= 4 is 84.2 Å². The minimum absolute atomic E-state index is 0.0963. The van der Waals surface area contributed by atoms with E-state index in [1.165, 1.54) is 0 Å². The molecule has 0 saturated carbocycles. The summed E-state index contributed by atoms with van der Waals surface area (Å²) < 4.78 is 13.7. The minimum Gasteiger partial charge on any atom is -0.457 e. The van der Waals surface area contributed by atoms with Crippen molar-refractivity contribution in [3.63, 3.8) is 0 Å². The molecule has 0 amide bonds. The Balaban J connectivity index is 0.675. The Labute approximate surface area is 773 Å². The summed E-state index contributed by atoms with van der Waals surface area (Å²) in [5.74, 6) is 36.6. The molecule has 133 heavy (non-hydrogen) atoms. The molecule has 3 aliphatic carbocycles. The topological polar surface area (TPSA) is 69.7 Å². The van der Waals surface area contributed by atoms with Crippen LogP contribution in [0, 0.1) is 59.2 Å². The molecule has 5 heteroatoms. The Kier molecular flexibility index (Phi) is 22.4. The van der Waals surface area contributed by atoms with Gasteiger partial charge in [0.2, 0.25) is 0 Å². The predicted octanol–water partition coefficient (Wildman–Crippen LogP) is 27.5. The van der Waals surface area contributed by atoms with Gasteiger partial charge in [-0.2, -0.15) is 0 Å².